The van der Waals surface area contributed by atoms with Gasteiger partial charge in [0.05, 0.1) is 0 Å². The second-order valence-electron chi connectivity index (χ2n) is 2.15. The Morgan fingerprint density at radius 2 is 2.40 bits per heavy atom. The van der Waals surface area contributed by atoms with Gasteiger partial charge in [-0.15, -0.1) is 0 Å². The Balaban J connectivity index is 0.000000810. The average Bonchev–Trinajstić information content (AvgIpc) is 1.89. The standard InChI is InChI=1S/C6H10N2O.H2O/c1-8-3-2-7-4-6(8)5-9;/h7H,2-4H2,1H3;1H2. The van der Waals surface area contributed by atoms with Gasteiger partial charge in [-0.2, -0.15) is 0 Å². The van der Waals surface area contributed by atoms with Crippen molar-refractivity contribution in [3.8, 4) is 0 Å². The summed E-state index contributed by atoms with van der Waals surface area (Å²) in [5, 5.41) is 3.07. The second kappa shape index (κ2) is 4.06. The normalized spacial score (nSPS) is 17.7. The highest BCUT2D eigenvalue weighted by Crippen LogP contribution is 1.97. The number of nitrogens with zero attached hydrogens (tertiary/aromatic N) is 1. The van der Waals surface area contributed by atoms with Crippen LogP contribution in [0.15, 0.2) is 5.70 Å². The quantitative estimate of drug-likeness (QED) is 0.417. The third-order valence-corrected chi connectivity index (χ3v) is 1.50. The van der Waals surface area contributed by atoms with E-state index >= 15 is 0 Å². The van der Waals surface area contributed by atoms with Gasteiger partial charge >= 0.3 is 0 Å². The molecule has 0 aromatic heterocycles. The molecule has 0 unspecified atom stereocenters. The third kappa shape index (κ3) is 1.84. The summed E-state index contributed by atoms with van der Waals surface area (Å²) in [6, 6.07) is 0. The van der Waals surface area contributed by atoms with Gasteiger partial charge in [-0.05, 0) is 0 Å². The molecule has 4 nitrogen and oxygen atoms in total. The summed E-state index contributed by atoms with van der Waals surface area (Å²) in [4.78, 5) is 12.0. The maximum absolute atomic E-state index is 10.1. The first kappa shape index (κ1) is 9.17. The second-order valence-corrected chi connectivity index (χ2v) is 2.15. The van der Waals surface area contributed by atoms with Gasteiger partial charge in [0.2, 0.25) is 0 Å². The Kier molecular flexibility index (Phi) is 3.72. The van der Waals surface area contributed by atoms with Crippen LogP contribution < -0.4 is 5.32 Å². The minimum atomic E-state index is 0. The van der Waals surface area contributed by atoms with Crippen molar-refractivity contribution in [1.82, 2.24) is 10.2 Å². The van der Waals surface area contributed by atoms with E-state index in [1.807, 2.05) is 17.9 Å². The van der Waals surface area contributed by atoms with E-state index < -0.39 is 0 Å². The van der Waals surface area contributed by atoms with Gasteiger partial charge < -0.3 is 15.7 Å². The molecule has 0 spiro atoms. The van der Waals surface area contributed by atoms with Gasteiger partial charge in [-0.3, -0.25) is 0 Å². The van der Waals surface area contributed by atoms with E-state index in [0.29, 0.717) is 6.54 Å². The van der Waals surface area contributed by atoms with Crippen LogP contribution in [0.1, 0.15) is 0 Å². The maximum atomic E-state index is 10.1. The van der Waals surface area contributed by atoms with E-state index in [2.05, 4.69) is 5.32 Å². The lowest BCUT2D eigenvalue weighted by molar-refractivity contribution is 0.359. The molecule has 1 saturated heterocycles. The van der Waals surface area contributed by atoms with Crippen molar-refractivity contribution in [1.29, 1.82) is 0 Å². The van der Waals surface area contributed by atoms with Crippen LogP contribution in [-0.2, 0) is 4.79 Å². The fourth-order valence-electron chi connectivity index (χ4n) is 0.837. The number of hydrogen-bond donors (Lipinski definition) is 1. The molecule has 0 aliphatic carbocycles. The smallest absolute Gasteiger partial charge is 0.147 e. The topological polar surface area (TPSA) is 63.8 Å². The molecule has 1 aliphatic heterocycles. The summed E-state index contributed by atoms with van der Waals surface area (Å²) in [5.74, 6) is 1.88. The molecule has 0 bridgehead atoms. The van der Waals surface area contributed by atoms with Crippen molar-refractivity contribution < 1.29 is 10.3 Å². The van der Waals surface area contributed by atoms with E-state index in [0.717, 1.165) is 18.8 Å². The molecular formula is C6H12N2O2. The van der Waals surface area contributed by atoms with E-state index in [-0.39, 0.29) is 5.48 Å². The fraction of sp³-hybridized carbons (Fsp3) is 0.667. The lowest BCUT2D eigenvalue weighted by Crippen LogP contribution is -2.39. The van der Waals surface area contributed by atoms with Gasteiger partial charge in [0.1, 0.15) is 11.6 Å². The SMILES string of the molecule is CN1CCNCC1=C=O.O. The molecule has 1 heterocycles. The van der Waals surface area contributed by atoms with Crippen LogP contribution in [0.5, 0.6) is 0 Å². The fourth-order valence-corrected chi connectivity index (χ4v) is 0.837. The summed E-state index contributed by atoms with van der Waals surface area (Å²) in [6.07, 6.45) is 0. The maximum Gasteiger partial charge on any atom is 0.147 e. The lowest BCUT2D eigenvalue weighted by atomic mass is 10.3. The zero-order valence-corrected chi connectivity index (χ0v) is 5.98. The molecule has 0 aromatic rings. The van der Waals surface area contributed by atoms with Crippen LogP contribution in [0.25, 0.3) is 0 Å². The van der Waals surface area contributed by atoms with Gasteiger partial charge in [0, 0.05) is 26.7 Å². The third-order valence-electron chi connectivity index (χ3n) is 1.50. The molecular weight excluding hydrogens is 132 g/mol. The zero-order chi connectivity index (χ0) is 6.69. The number of nitrogens with one attached hydrogen (secondary N) is 1. The van der Waals surface area contributed by atoms with Crippen LogP contribution in [0.4, 0.5) is 0 Å². The van der Waals surface area contributed by atoms with Crippen LogP contribution in [0.3, 0.4) is 0 Å². The molecule has 0 saturated carbocycles. The highest BCUT2D eigenvalue weighted by molar-refractivity contribution is 5.52. The molecule has 4 heteroatoms. The van der Waals surface area contributed by atoms with Crippen molar-refractivity contribution in [2.75, 3.05) is 26.7 Å². The van der Waals surface area contributed by atoms with Crippen molar-refractivity contribution in [3.05, 3.63) is 5.70 Å². The number of hydrogen-bond acceptors (Lipinski definition) is 3. The Bertz CT molecular complexity index is 152. The Morgan fingerprint density at radius 3 is 2.80 bits per heavy atom. The molecule has 0 aromatic carbocycles. The summed E-state index contributed by atoms with van der Waals surface area (Å²) in [7, 11) is 1.90. The molecule has 58 valence electrons. The number of likely N-dealkylation sites (N-methyl/N-ethyl adjacent to an activating group) is 1. The van der Waals surface area contributed by atoms with Gasteiger partial charge in [-0.1, -0.05) is 0 Å². The largest absolute Gasteiger partial charge is 0.412 e. The number of carbonyl (C=O) groups excluding carboxylic acids is 1. The van der Waals surface area contributed by atoms with Gasteiger partial charge in [0.15, 0.2) is 0 Å². The summed E-state index contributed by atoms with van der Waals surface area (Å²) >= 11 is 0. The molecule has 0 atom stereocenters. The van der Waals surface area contributed by atoms with Crippen molar-refractivity contribution in [3.63, 3.8) is 0 Å². The predicted octanol–water partition coefficient (Wildman–Crippen LogP) is -1.59. The first-order valence-corrected chi connectivity index (χ1v) is 3.00. The molecule has 0 amide bonds. The monoisotopic (exact) mass is 144 g/mol. The minimum absolute atomic E-state index is 0. The highest BCUT2D eigenvalue weighted by Gasteiger charge is 2.09. The van der Waals surface area contributed by atoms with Crippen LogP contribution in [0, 0.1) is 0 Å². The predicted molar refractivity (Wildman–Crippen MR) is 38.3 cm³/mol. The average molecular weight is 144 g/mol. The van der Waals surface area contributed by atoms with E-state index in [9.17, 15) is 4.79 Å². The summed E-state index contributed by atoms with van der Waals surface area (Å²) in [6.45, 7) is 2.53. The lowest BCUT2D eigenvalue weighted by Gasteiger charge is -2.24. The Hall–Kier alpha value is -0.830. The van der Waals surface area contributed by atoms with Gasteiger partial charge in [0.25, 0.3) is 0 Å². The summed E-state index contributed by atoms with van der Waals surface area (Å²) < 4.78 is 0. The first-order valence-electron chi connectivity index (χ1n) is 3.00. The van der Waals surface area contributed by atoms with Crippen LogP contribution >= 0.6 is 0 Å². The Morgan fingerprint density at radius 1 is 1.70 bits per heavy atom. The summed E-state index contributed by atoms with van der Waals surface area (Å²) in [5.41, 5.74) is 0.723. The van der Waals surface area contributed by atoms with Crippen molar-refractivity contribution >= 4 is 5.94 Å². The molecule has 3 N–H and O–H groups in total. The Labute approximate surface area is 59.8 Å². The number of piperazine rings is 1. The van der Waals surface area contributed by atoms with E-state index in [1.54, 1.807) is 0 Å². The molecule has 0 radical (unpaired) electrons. The molecule has 1 rings (SSSR count). The van der Waals surface area contributed by atoms with Crippen molar-refractivity contribution in [2.45, 2.75) is 0 Å². The molecule has 10 heavy (non-hydrogen) atoms. The van der Waals surface area contributed by atoms with Crippen LogP contribution in [-0.4, -0.2) is 43.0 Å². The molecule has 1 fully saturated rings. The van der Waals surface area contributed by atoms with E-state index in [1.165, 1.54) is 0 Å². The zero-order valence-electron chi connectivity index (χ0n) is 5.98. The highest BCUT2D eigenvalue weighted by atomic mass is 16.1. The minimum Gasteiger partial charge on any atom is -0.412 e. The first-order chi connectivity index (χ1) is 4.34. The van der Waals surface area contributed by atoms with Crippen molar-refractivity contribution in [2.24, 2.45) is 0 Å². The number of rotatable bonds is 0. The van der Waals surface area contributed by atoms with Crippen LogP contribution in [0.2, 0.25) is 0 Å². The molecule has 1 aliphatic rings. The van der Waals surface area contributed by atoms with E-state index in [4.69, 9.17) is 0 Å². The van der Waals surface area contributed by atoms with Gasteiger partial charge in [-0.25, -0.2) is 4.79 Å².